The molecule has 3 aromatic rings. The van der Waals surface area contributed by atoms with E-state index in [1.165, 1.54) is 0 Å². The highest BCUT2D eigenvalue weighted by Gasteiger charge is 2.22. The summed E-state index contributed by atoms with van der Waals surface area (Å²) in [7, 11) is 2.01. The highest BCUT2D eigenvalue weighted by Crippen LogP contribution is 2.39. The molecule has 0 aliphatic carbocycles. The van der Waals surface area contributed by atoms with Gasteiger partial charge in [-0.15, -0.1) is 11.8 Å². The lowest BCUT2D eigenvalue weighted by Gasteiger charge is -2.17. The minimum atomic E-state index is 0.132. The Morgan fingerprint density at radius 1 is 1.32 bits per heavy atom. The van der Waals surface area contributed by atoms with Crippen molar-refractivity contribution in [1.29, 1.82) is 0 Å². The van der Waals surface area contributed by atoms with E-state index >= 15 is 0 Å². The first-order chi connectivity index (χ1) is 12.2. The van der Waals surface area contributed by atoms with Gasteiger partial charge in [0.25, 0.3) is 0 Å². The van der Waals surface area contributed by atoms with Crippen molar-refractivity contribution in [3.63, 3.8) is 0 Å². The van der Waals surface area contributed by atoms with Crippen LogP contribution in [-0.2, 0) is 7.05 Å². The fourth-order valence-corrected chi connectivity index (χ4v) is 4.45. The molecule has 0 fully saturated rings. The average molecular weight is 351 g/mol. The van der Waals surface area contributed by atoms with Crippen molar-refractivity contribution in [3.05, 3.63) is 63.8 Å². The monoisotopic (exact) mass is 351 g/mol. The van der Waals surface area contributed by atoms with E-state index in [-0.39, 0.29) is 10.7 Å². The number of nitrogens with zero attached hydrogens (tertiary/aromatic N) is 1. The molecule has 4 heteroatoms. The number of fused-ring (bicyclic) bond motifs is 3. The number of thioether (sulfide) groups is 1. The van der Waals surface area contributed by atoms with Gasteiger partial charge in [0.05, 0.1) is 17.5 Å². The minimum absolute atomic E-state index is 0.132. The van der Waals surface area contributed by atoms with Gasteiger partial charge in [-0.3, -0.25) is 4.79 Å². The summed E-state index contributed by atoms with van der Waals surface area (Å²) in [5.74, 6) is 0.791. The number of aromatic nitrogens is 1. The molecule has 0 bridgehead atoms. The van der Waals surface area contributed by atoms with Gasteiger partial charge in [-0.1, -0.05) is 37.3 Å². The number of hydrogen-bond acceptors (Lipinski definition) is 3. The van der Waals surface area contributed by atoms with Crippen molar-refractivity contribution in [1.82, 2.24) is 4.57 Å². The van der Waals surface area contributed by atoms with Crippen molar-refractivity contribution < 1.29 is 4.74 Å². The van der Waals surface area contributed by atoms with Gasteiger partial charge in [0, 0.05) is 24.1 Å². The zero-order valence-electron chi connectivity index (χ0n) is 14.5. The van der Waals surface area contributed by atoms with Gasteiger partial charge in [-0.25, -0.2) is 0 Å². The van der Waals surface area contributed by atoms with Crippen LogP contribution in [0.15, 0.2) is 52.8 Å². The highest BCUT2D eigenvalue weighted by atomic mass is 32.2. The van der Waals surface area contributed by atoms with Crippen LogP contribution < -0.4 is 10.2 Å². The van der Waals surface area contributed by atoms with Gasteiger partial charge in [-0.05, 0) is 35.1 Å². The van der Waals surface area contributed by atoms with Crippen LogP contribution in [0.1, 0.15) is 30.6 Å². The molecule has 1 unspecified atom stereocenters. The maximum absolute atomic E-state index is 13.4. The Hall–Kier alpha value is -2.20. The molecule has 3 nitrogen and oxygen atoms in total. The van der Waals surface area contributed by atoms with Gasteiger partial charge in [-0.2, -0.15) is 0 Å². The first kappa shape index (κ1) is 16.3. The van der Waals surface area contributed by atoms with Gasteiger partial charge in [0.2, 0.25) is 0 Å². The van der Waals surface area contributed by atoms with Crippen molar-refractivity contribution in [3.8, 4) is 5.75 Å². The number of benzene rings is 2. The zero-order chi connectivity index (χ0) is 17.4. The van der Waals surface area contributed by atoms with Crippen molar-refractivity contribution >= 4 is 33.4 Å². The topological polar surface area (TPSA) is 31.2 Å². The fraction of sp³-hybridized carbons (Fsp3) is 0.286. The molecular weight excluding hydrogens is 330 g/mol. The minimum Gasteiger partial charge on any atom is -0.491 e. The number of aryl methyl sites for hydroxylation is 1. The summed E-state index contributed by atoms with van der Waals surface area (Å²) in [5, 5.41) is 5.12. The van der Waals surface area contributed by atoms with Crippen LogP contribution in [0, 0.1) is 0 Å². The molecule has 1 aromatic heterocycles. The fourth-order valence-electron chi connectivity index (χ4n) is 3.50. The molecule has 1 aliphatic rings. The van der Waals surface area contributed by atoms with Crippen molar-refractivity contribution in [2.45, 2.75) is 25.0 Å². The molecular formula is C21H21NO2S. The molecule has 1 atom stereocenters. The Morgan fingerprint density at radius 2 is 2.16 bits per heavy atom. The first-order valence-electron chi connectivity index (χ1n) is 8.69. The smallest absolute Gasteiger partial charge is 0.194 e. The Bertz CT molecular complexity index is 1030. The van der Waals surface area contributed by atoms with E-state index in [4.69, 9.17) is 4.74 Å². The molecule has 2 aromatic carbocycles. The average Bonchev–Trinajstić information content (AvgIpc) is 3.16. The molecule has 0 amide bonds. The summed E-state index contributed by atoms with van der Waals surface area (Å²) in [6.45, 7) is 2.73. The summed E-state index contributed by atoms with van der Waals surface area (Å²) in [5.41, 5.74) is 1.90. The highest BCUT2D eigenvalue weighted by molar-refractivity contribution is 8.02. The molecule has 0 N–H and O–H groups in total. The summed E-state index contributed by atoms with van der Waals surface area (Å²) >= 11 is 1.73. The normalized spacial score (nSPS) is 16.8. The lowest BCUT2D eigenvalue weighted by atomic mass is 10.0. The molecule has 0 radical (unpaired) electrons. The third-order valence-corrected chi connectivity index (χ3v) is 5.78. The molecule has 0 spiro atoms. The Kier molecular flexibility index (Phi) is 4.30. The van der Waals surface area contributed by atoms with E-state index in [1.807, 2.05) is 37.5 Å². The van der Waals surface area contributed by atoms with Gasteiger partial charge in [0.1, 0.15) is 5.75 Å². The zero-order valence-corrected chi connectivity index (χ0v) is 15.3. The number of allylic oxidation sites excluding steroid dienone is 1. The summed E-state index contributed by atoms with van der Waals surface area (Å²) in [6, 6.07) is 10.1. The number of rotatable bonds is 4. The molecule has 128 valence electrons. The van der Waals surface area contributed by atoms with Crippen LogP contribution >= 0.6 is 11.8 Å². The molecule has 1 aliphatic heterocycles. The number of hydrogen-bond donors (Lipinski definition) is 0. The second-order valence-electron chi connectivity index (χ2n) is 6.42. The Morgan fingerprint density at radius 3 is 2.92 bits per heavy atom. The van der Waals surface area contributed by atoms with Crippen LogP contribution in [0.2, 0.25) is 0 Å². The van der Waals surface area contributed by atoms with Crippen LogP contribution in [0.25, 0.3) is 21.7 Å². The Labute approximate surface area is 151 Å². The van der Waals surface area contributed by atoms with Crippen molar-refractivity contribution in [2.75, 3.05) is 6.61 Å². The summed E-state index contributed by atoms with van der Waals surface area (Å²) < 4.78 is 8.06. The lowest BCUT2D eigenvalue weighted by molar-refractivity contribution is 0.320. The lowest BCUT2D eigenvalue weighted by Crippen LogP contribution is -2.16. The van der Waals surface area contributed by atoms with Crippen LogP contribution in [0.4, 0.5) is 0 Å². The third kappa shape index (κ3) is 2.74. The Balaban J connectivity index is 2.08. The largest absolute Gasteiger partial charge is 0.491 e. The van der Waals surface area contributed by atoms with Crippen molar-refractivity contribution in [2.24, 2.45) is 7.05 Å². The molecule has 0 saturated heterocycles. The van der Waals surface area contributed by atoms with Crippen LogP contribution in [-0.4, -0.2) is 11.2 Å². The maximum atomic E-state index is 13.4. The first-order valence-corrected chi connectivity index (χ1v) is 9.63. The van der Waals surface area contributed by atoms with E-state index in [0.29, 0.717) is 6.61 Å². The van der Waals surface area contributed by atoms with Gasteiger partial charge < -0.3 is 9.30 Å². The number of pyridine rings is 1. The standard InChI is InChI=1S/C21H21NO2S/c1-3-10-24-17-12-14-7-4-5-8-15(14)19-20(17)22(2)13-16(21(19)23)18-9-6-11-25-18/h4-8,11-13,18H,3,9-10H2,1-2H3. The summed E-state index contributed by atoms with van der Waals surface area (Å²) in [6.07, 6.45) is 5.97. The van der Waals surface area contributed by atoms with E-state index in [9.17, 15) is 4.79 Å². The molecule has 2 heterocycles. The third-order valence-electron chi connectivity index (χ3n) is 4.66. The van der Waals surface area contributed by atoms with E-state index in [2.05, 4.69) is 29.0 Å². The van der Waals surface area contributed by atoms with Gasteiger partial charge >= 0.3 is 0 Å². The molecule has 4 rings (SSSR count). The van der Waals surface area contributed by atoms with Crippen LogP contribution in [0.3, 0.4) is 0 Å². The van der Waals surface area contributed by atoms with E-state index in [1.54, 1.807) is 11.8 Å². The van der Waals surface area contributed by atoms with E-state index < -0.39 is 0 Å². The summed E-state index contributed by atoms with van der Waals surface area (Å²) in [4.78, 5) is 13.4. The second-order valence-corrected chi connectivity index (χ2v) is 7.54. The molecule has 0 saturated carbocycles. The number of ether oxygens (including phenoxy) is 1. The second kappa shape index (κ2) is 6.60. The maximum Gasteiger partial charge on any atom is 0.194 e. The van der Waals surface area contributed by atoms with Gasteiger partial charge in [0.15, 0.2) is 5.43 Å². The SMILES string of the molecule is CCCOc1cc2ccccc2c2c(=O)c(C3CC=CS3)cn(C)c12. The van der Waals surface area contributed by atoms with E-state index in [0.717, 1.165) is 45.8 Å². The predicted molar refractivity (Wildman–Crippen MR) is 107 cm³/mol. The van der Waals surface area contributed by atoms with Crippen LogP contribution in [0.5, 0.6) is 5.75 Å². The quantitative estimate of drug-likeness (QED) is 0.608. The molecule has 25 heavy (non-hydrogen) atoms. The predicted octanol–water partition coefficient (Wildman–Crippen LogP) is 5.17.